The first-order valence-corrected chi connectivity index (χ1v) is 8.56. The van der Waals surface area contributed by atoms with Crippen LogP contribution in [0.4, 0.5) is 0 Å². The van der Waals surface area contributed by atoms with Gasteiger partial charge in [-0.05, 0) is 42.3 Å². The first kappa shape index (κ1) is 15.2. The molecule has 106 valence electrons. The van der Waals surface area contributed by atoms with Crippen LogP contribution < -0.4 is 0 Å². The van der Waals surface area contributed by atoms with E-state index < -0.39 is 15.9 Å². The molecular weight excluding hydrogens is 340 g/mol. The molecule has 0 aliphatic rings. The Morgan fingerprint density at radius 2 is 1.70 bits per heavy atom. The van der Waals surface area contributed by atoms with E-state index in [9.17, 15) is 13.5 Å². The monoisotopic (exact) mass is 354 g/mol. The van der Waals surface area contributed by atoms with Gasteiger partial charge >= 0.3 is 0 Å². The summed E-state index contributed by atoms with van der Waals surface area (Å²) in [7, 11) is -3.51. The Kier molecular flexibility index (Phi) is 4.62. The topological polar surface area (TPSA) is 54.4 Å². The summed E-state index contributed by atoms with van der Waals surface area (Å²) < 4.78 is 25.3. The molecule has 0 radical (unpaired) electrons. The highest BCUT2D eigenvalue weighted by molar-refractivity contribution is 9.10. The second-order valence-corrected chi connectivity index (χ2v) is 7.56. The van der Waals surface area contributed by atoms with Crippen LogP contribution in [0.25, 0.3) is 0 Å². The maximum atomic E-state index is 12.3. The zero-order valence-corrected chi connectivity index (χ0v) is 13.4. The molecule has 3 nitrogen and oxygen atoms in total. The summed E-state index contributed by atoms with van der Waals surface area (Å²) in [5.41, 5.74) is 1.53. The fourth-order valence-corrected chi connectivity index (χ4v) is 3.60. The van der Waals surface area contributed by atoms with Crippen molar-refractivity contribution in [2.45, 2.75) is 17.9 Å². The summed E-state index contributed by atoms with van der Waals surface area (Å²) in [6.45, 7) is 1.85. The third kappa shape index (κ3) is 3.48. The average Bonchev–Trinajstić information content (AvgIpc) is 2.39. The van der Waals surface area contributed by atoms with Gasteiger partial charge < -0.3 is 5.11 Å². The molecule has 0 saturated carbocycles. The lowest BCUT2D eigenvalue weighted by Gasteiger charge is -2.14. The highest BCUT2D eigenvalue weighted by Gasteiger charge is 2.21. The predicted octanol–water partition coefficient (Wildman–Crippen LogP) is 3.26. The highest BCUT2D eigenvalue weighted by atomic mass is 79.9. The first-order chi connectivity index (χ1) is 9.40. The van der Waals surface area contributed by atoms with E-state index in [-0.39, 0.29) is 10.6 Å². The molecule has 2 aromatic carbocycles. The van der Waals surface area contributed by atoms with Gasteiger partial charge in [-0.15, -0.1) is 0 Å². The SMILES string of the molecule is Cc1ccccc1C(O)CS(=O)(=O)c1ccc(Br)cc1. The Hall–Kier alpha value is -1.17. The average molecular weight is 355 g/mol. The largest absolute Gasteiger partial charge is 0.387 e. The van der Waals surface area contributed by atoms with Crippen molar-refractivity contribution in [3.05, 3.63) is 64.1 Å². The smallest absolute Gasteiger partial charge is 0.181 e. The molecule has 1 N–H and O–H groups in total. The molecule has 0 bridgehead atoms. The molecule has 1 unspecified atom stereocenters. The number of halogens is 1. The normalized spacial score (nSPS) is 13.2. The van der Waals surface area contributed by atoms with Crippen molar-refractivity contribution < 1.29 is 13.5 Å². The molecule has 0 amide bonds. The van der Waals surface area contributed by atoms with Crippen LogP contribution in [-0.2, 0) is 9.84 Å². The maximum absolute atomic E-state index is 12.3. The summed E-state index contributed by atoms with van der Waals surface area (Å²) in [5, 5.41) is 10.2. The molecule has 0 aliphatic carbocycles. The summed E-state index contributed by atoms with van der Waals surface area (Å²) in [6, 6.07) is 13.7. The number of benzene rings is 2. The number of aliphatic hydroxyl groups is 1. The number of hydrogen-bond donors (Lipinski definition) is 1. The minimum absolute atomic E-state index is 0.216. The van der Waals surface area contributed by atoms with E-state index in [4.69, 9.17) is 0 Å². The van der Waals surface area contributed by atoms with Gasteiger partial charge in [-0.3, -0.25) is 0 Å². The molecule has 5 heteroatoms. The van der Waals surface area contributed by atoms with Crippen molar-refractivity contribution in [3.8, 4) is 0 Å². The zero-order chi connectivity index (χ0) is 14.8. The second-order valence-electron chi connectivity index (χ2n) is 4.61. The van der Waals surface area contributed by atoms with Gasteiger partial charge in [0, 0.05) is 4.47 Å². The van der Waals surface area contributed by atoms with E-state index in [1.165, 1.54) is 12.1 Å². The van der Waals surface area contributed by atoms with E-state index in [0.29, 0.717) is 5.56 Å². The summed E-state index contributed by atoms with van der Waals surface area (Å²) >= 11 is 3.27. The van der Waals surface area contributed by atoms with E-state index in [0.717, 1.165) is 10.0 Å². The molecule has 2 rings (SSSR count). The zero-order valence-electron chi connectivity index (χ0n) is 11.0. The van der Waals surface area contributed by atoms with Crippen molar-refractivity contribution in [2.24, 2.45) is 0 Å². The van der Waals surface area contributed by atoms with Crippen molar-refractivity contribution in [3.63, 3.8) is 0 Å². The number of rotatable bonds is 4. The quantitative estimate of drug-likeness (QED) is 0.916. The minimum Gasteiger partial charge on any atom is -0.387 e. The van der Waals surface area contributed by atoms with Crippen molar-refractivity contribution in [1.29, 1.82) is 0 Å². The lowest BCUT2D eigenvalue weighted by Crippen LogP contribution is -2.15. The van der Waals surface area contributed by atoms with E-state index in [2.05, 4.69) is 15.9 Å². The highest BCUT2D eigenvalue weighted by Crippen LogP contribution is 2.23. The molecule has 0 spiro atoms. The van der Waals surface area contributed by atoms with E-state index in [1.54, 1.807) is 24.3 Å². The van der Waals surface area contributed by atoms with Crippen LogP contribution in [0.3, 0.4) is 0 Å². The summed E-state index contributed by atoms with van der Waals surface area (Å²) in [4.78, 5) is 0.216. The van der Waals surface area contributed by atoms with Crippen LogP contribution in [0.15, 0.2) is 57.9 Å². The lowest BCUT2D eigenvalue weighted by molar-refractivity contribution is 0.201. The summed E-state index contributed by atoms with van der Waals surface area (Å²) in [6.07, 6.45) is -1.02. The molecule has 2 aromatic rings. The molecule has 1 atom stereocenters. The van der Waals surface area contributed by atoms with Gasteiger partial charge in [0.25, 0.3) is 0 Å². The third-order valence-corrected chi connectivity index (χ3v) is 5.37. The minimum atomic E-state index is -3.51. The molecule has 0 saturated heterocycles. The van der Waals surface area contributed by atoms with Gasteiger partial charge in [0.15, 0.2) is 9.84 Å². The molecule has 20 heavy (non-hydrogen) atoms. The van der Waals surface area contributed by atoms with Gasteiger partial charge in [-0.2, -0.15) is 0 Å². The van der Waals surface area contributed by atoms with E-state index >= 15 is 0 Å². The number of hydrogen-bond acceptors (Lipinski definition) is 3. The standard InChI is InChI=1S/C15H15BrO3S/c1-11-4-2-3-5-14(11)15(17)10-20(18,19)13-8-6-12(16)7-9-13/h2-9,15,17H,10H2,1H3. The van der Waals surface area contributed by atoms with Crippen molar-refractivity contribution in [2.75, 3.05) is 5.75 Å². The van der Waals surface area contributed by atoms with Gasteiger partial charge in [0.05, 0.1) is 16.8 Å². The Bertz CT molecular complexity index is 693. The second kappa shape index (κ2) is 6.08. The van der Waals surface area contributed by atoms with E-state index in [1.807, 2.05) is 19.1 Å². The Morgan fingerprint density at radius 1 is 1.10 bits per heavy atom. The predicted molar refractivity (Wildman–Crippen MR) is 82.3 cm³/mol. The Labute approximate surface area is 127 Å². The lowest BCUT2D eigenvalue weighted by atomic mass is 10.1. The van der Waals surface area contributed by atoms with Gasteiger partial charge in [0.2, 0.25) is 0 Å². The number of aryl methyl sites for hydroxylation is 1. The van der Waals surface area contributed by atoms with Crippen molar-refractivity contribution in [1.82, 2.24) is 0 Å². The number of aliphatic hydroxyl groups excluding tert-OH is 1. The maximum Gasteiger partial charge on any atom is 0.181 e. The van der Waals surface area contributed by atoms with Crippen LogP contribution in [0.5, 0.6) is 0 Å². The van der Waals surface area contributed by atoms with Crippen LogP contribution in [0.1, 0.15) is 17.2 Å². The first-order valence-electron chi connectivity index (χ1n) is 6.12. The summed E-state index contributed by atoms with van der Waals surface area (Å²) in [5.74, 6) is -0.320. The van der Waals surface area contributed by atoms with Crippen LogP contribution in [0, 0.1) is 6.92 Å². The number of sulfone groups is 1. The molecular formula is C15H15BrO3S. The molecule has 0 heterocycles. The van der Waals surface area contributed by atoms with Crippen LogP contribution >= 0.6 is 15.9 Å². The fourth-order valence-electron chi connectivity index (χ4n) is 2.00. The van der Waals surface area contributed by atoms with Crippen molar-refractivity contribution >= 4 is 25.8 Å². The molecule has 0 aliphatic heterocycles. The fraction of sp³-hybridized carbons (Fsp3) is 0.200. The molecule has 0 aromatic heterocycles. The Morgan fingerprint density at radius 3 is 2.30 bits per heavy atom. The van der Waals surface area contributed by atoms with Gasteiger partial charge in [-0.25, -0.2) is 8.42 Å². The van der Waals surface area contributed by atoms with Gasteiger partial charge in [-0.1, -0.05) is 40.2 Å². The van der Waals surface area contributed by atoms with Crippen LogP contribution in [-0.4, -0.2) is 19.3 Å². The van der Waals surface area contributed by atoms with Crippen LogP contribution in [0.2, 0.25) is 0 Å². The third-order valence-electron chi connectivity index (χ3n) is 3.10. The Balaban J connectivity index is 2.24. The van der Waals surface area contributed by atoms with Gasteiger partial charge in [0.1, 0.15) is 0 Å². The molecule has 0 fully saturated rings.